The van der Waals surface area contributed by atoms with Crippen LogP contribution in [0.2, 0.25) is 0 Å². The van der Waals surface area contributed by atoms with Gasteiger partial charge in [0.2, 0.25) is 0 Å². The molecule has 0 amide bonds. The fraction of sp³-hybridized carbons (Fsp3) is 1.00. The van der Waals surface area contributed by atoms with E-state index in [9.17, 15) is 0 Å². The van der Waals surface area contributed by atoms with Crippen LogP contribution in [-0.4, -0.2) is 30.3 Å². The van der Waals surface area contributed by atoms with E-state index < -0.39 is 0 Å². The molecule has 7 heavy (non-hydrogen) atoms. The van der Waals surface area contributed by atoms with Crippen molar-refractivity contribution in [1.29, 1.82) is 0 Å². The van der Waals surface area contributed by atoms with Gasteiger partial charge in [0.1, 0.15) is 6.23 Å². The van der Waals surface area contributed by atoms with Gasteiger partial charge in [0, 0.05) is 0 Å². The van der Waals surface area contributed by atoms with Crippen molar-refractivity contribution in [3.63, 3.8) is 0 Å². The topological polar surface area (TPSA) is 23.5 Å². The van der Waals surface area contributed by atoms with Gasteiger partial charge in [-0.25, -0.2) is 0 Å². The second-order valence-electron chi connectivity index (χ2n) is 1.60. The van der Waals surface area contributed by atoms with E-state index in [0.29, 0.717) is 0 Å². The standard InChI is InChI=1S/C4H11NO.Li.H/c1-4(6)5(2)3;;/h4,6H,1-3H3;;/q;+1;-1. The largest absolute Gasteiger partial charge is 1.00 e. The molecule has 0 bridgehead atoms. The van der Waals surface area contributed by atoms with Crippen LogP contribution < -0.4 is 18.9 Å². The van der Waals surface area contributed by atoms with Gasteiger partial charge in [-0.3, -0.25) is 4.90 Å². The minimum Gasteiger partial charge on any atom is -1.00 e. The Balaban J connectivity index is -0.000000125. The molecule has 0 spiro atoms. The summed E-state index contributed by atoms with van der Waals surface area (Å²) in [6, 6.07) is 0. The maximum Gasteiger partial charge on any atom is 1.00 e. The van der Waals surface area contributed by atoms with Gasteiger partial charge in [0.15, 0.2) is 0 Å². The molecule has 40 valence electrons. The van der Waals surface area contributed by atoms with Crippen molar-refractivity contribution < 1.29 is 25.4 Å². The van der Waals surface area contributed by atoms with Crippen molar-refractivity contribution in [2.24, 2.45) is 0 Å². The molecule has 0 saturated carbocycles. The third-order valence-corrected chi connectivity index (χ3v) is 0.747. The maximum absolute atomic E-state index is 8.56. The van der Waals surface area contributed by atoms with Crippen molar-refractivity contribution in [3.8, 4) is 0 Å². The molecule has 0 aromatic heterocycles. The molecule has 0 radical (unpaired) electrons. The average molecular weight is 97.1 g/mol. The van der Waals surface area contributed by atoms with E-state index in [1.165, 1.54) is 0 Å². The van der Waals surface area contributed by atoms with Crippen molar-refractivity contribution >= 4 is 0 Å². The summed E-state index contributed by atoms with van der Waals surface area (Å²) in [6.07, 6.45) is -0.315. The molecule has 0 heterocycles. The van der Waals surface area contributed by atoms with E-state index in [1.54, 1.807) is 11.8 Å². The minimum absolute atomic E-state index is 0. The molecule has 0 aliphatic rings. The first-order valence-electron chi connectivity index (χ1n) is 1.99. The van der Waals surface area contributed by atoms with Crippen LogP contribution in [0.5, 0.6) is 0 Å². The van der Waals surface area contributed by atoms with E-state index >= 15 is 0 Å². The third-order valence-electron chi connectivity index (χ3n) is 0.747. The van der Waals surface area contributed by atoms with E-state index in [0.717, 1.165) is 0 Å². The second kappa shape index (κ2) is 4.67. The van der Waals surface area contributed by atoms with Crippen LogP contribution in [0.15, 0.2) is 0 Å². The summed E-state index contributed by atoms with van der Waals surface area (Å²) in [5, 5.41) is 8.56. The van der Waals surface area contributed by atoms with Crippen LogP contribution in [0.1, 0.15) is 8.35 Å². The Labute approximate surface area is 58.2 Å². The third kappa shape index (κ3) is 6.52. The number of rotatable bonds is 1. The SMILES string of the molecule is CC(O)N(C)C.[H-].[Li+]. The Morgan fingerprint density at radius 3 is 1.71 bits per heavy atom. The fourth-order valence-electron chi connectivity index (χ4n) is 0. The second-order valence-corrected chi connectivity index (χ2v) is 1.60. The van der Waals surface area contributed by atoms with Crippen molar-refractivity contribution in [2.45, 2.75) is 13.2 Å². The number of nitrogens with zero attached hydrogens (tertiary/aromatic N) is 1. The Morgan fingerprint density at radius 1 is 1.57 bits per heavy atom. The summed E-state index contributed by atoms with van der Waals surface area (Å²) < 4.78 is 0. The Bertz CT molecular complexity index is 37.0. The molecule has 1 unspecified atom stereocenters. The number of aliphatic hydroxyl groups is 1. The quantitative estimate of drug-likeness (QED) is 0.278. The summed E-state index contributed by atoms with van der Waals surface area (Å²) in [4.78, 5) is 1.72. The normalized spacial score (nSPS) is 13.3. The fourth-order valence-corrected chi connectivity index (χ4v) is 0. The first-order chi connectivity index (χ1) is 2.64. The van der Waals surface area contributed by atoms with Crippen LogP contribution >= 0.6 is 0 Å². The molecule has 0 saturated heterocycles. The number of hydrogen-bond acceptors (Lipinski definition) is 2. The molecule has 1 N–H and O–H groups in total. The Morgan fingerprint density at radius 2 is 1.71 bits per heavy atom. The molecule has 3 heteroatoms. The van der Waals surface area contributed by atoms with Crippen LogP contribution in [0.3, 0.4) is 0 Å². The molecular weight excluding hydrogens is 85.0 g/mol. The molecule has 0 rings (SSSR count). The van der Waals surface area contributed by atoms with E-state index in [4.69, 9.17) is 5.11 Å². The molecule has 0 aliphatic heterocycles. The van der Waals surface area contributed by atoms with Crippen LogP contribution in [0, 0.1) is 0 Å². The van der Waals surface area contributed by atoms with Gasteiger partial charge < -0.3 is 6.53 Å². The summed E-state index contributed by atoms with van der Waals surface area (Å²) in [5.74, 6) is 0. The summed E-state index contributed by atoms with van der Waals surface area (Å²) in [5.41, 5.74) is 0. The zero-order valence-electron chi connectivity index (χ0n) is 6.47. The monoisotopic (exact) mass is 97.1 g/mol. The van der Waals surface area contributed by atoms with Gasteiger partial charge in [0.25, 0.3) is 0 Å². The molecule has 0 aliphatic carbocycles. The van der Waals surface area contributed by atoms with Gasteiger partial charge in [-0.15, -0.1) is 0 Å². The van der Waals surface area contributed by atoms with Crippen molar-refractivity contribution in [2.75, 3.05) is 14.1 Å². The number of aliphatic hydroxyl groups excluding tert-OH is 1. The van der Waals surface area contributed by atoms with Crippen molar-refractivity contribution in [1.82, 2.24) is 4.90 Å². The molecule has 2 nitrogen and oxygen atoms in total. The Hall–Kier alpha value is 0.517. The summed E-state index contributed by atoms with van der Waals surface area (Å²) >= 11 is 0. The van der Waals surface area contributed by atoms with E-state index in [-0.39, 0.29) is 26.5 Å². The van der Waals surface area contributed by atoms with Crippen molar-refractivity contribution in [3.05, 3.63) is 0 Å². The summed E-state index contributed by atoms with van der Waals surface area (Å²) in [7, 11) is 3.65. The molecule has 0 fully saturated rings. The first kappa shape index (κ1) is 10.5. The maximum atomic E-state index is 8.56. The molecular formula is C4H12LiNO. The van der Waals surface area contributed by atoms with Gasteiger partial charge in [-0.05, 0) is 21.0 Å². The van der Waals surface area contributed by atoms with Gasteiger partial charge in [-0.1, -0.05) is 0 Å². The summed E-state index contributed by atoms with van der Waals surface area (Å²) in [6.45, 7) is 1.72. The predicted molar refractivity (Wildman–Crippen MR) is 26.5 cm³/mol. The van der Waals surface area contributed by atoms with Gasteiger partial charge >= 0.3 is 18.9 Å². The van der Waals surface area contributed by atoms with Gasteiger partial charge in [0.05, 0.1) is 0 Å². The minimum atomic E-state index is -0.315. The van der Waals surface area contributed by atoms with E-state index in [2.05, 4.69) is 0 Å². The first-order valence-corrected chi connectivity index (χ1v) is 1.99. The molecule has 0 aromatic carbocycles. The Kier molecular flexibility index (Phi) is 7.00. The number of hydrogen-bond donors (Lipinski definition) is 1. The molecule has 0 aromatic rings. The molecule has 1 atom stereocenters. The van der Waals surface area contributed by atoms with Crippen LogP contribution in [0.4, 0.5) is 0 Å². The van der Waals surface area contributed by atoms with E-state index in [1.807, 2.05) is 14.1 Å². The van der Waals surface area contributed by atoms with Crippen LogP contribution in [-0.2, 0) is 0 Å². The zero-order chi connectivity index (χ0) is 5.15. The average Bonchev–Trinajstić information content (AvgIpc) is 1.36. The van der Waals surface area contributed by atoms with Crippen LogP contribution in [0.25, 0.3) is 0 Å². The predicted octanol–water partition coefficient (Wildman–Crippen LogP) is -3.00. The van der Waals surface area contributed by atoms with Gasteiger partial charge in [-0.2, -0.15) is 0 Å². The smallest absolute Gasteiger partial charge is 1.00 e. The zero-order valence-corrected chi connectivity index (χ0v) is 5.47.